The Bertz CT molecular complexity index is 109. The van der Waals surface area contributed by atoms with Crippen LogP contribution >= 0.6 is 0 Å². The van der Waals surface area contributed by atoms with E-state index in [4.69, 9.17) is 0 Å². The summed E-state index contributed by atoms with van der Waals surface area (Å²) in [4.78, 5) is 10.2. The maximum atomic E-state index is 10.2. The fourth-order valence-corrected chi connectivity index (χ4v) is 0.173. The molecule has 2 N–H and O–H groups in total. The molecule has 0 radical (unpaired) electrons. The molecule has 0 saturated heterocycles. The molecule has 8 heavy (non-hydrogen) atoms. The Kier molecular flexibility index (Phi) is 3.31. The van der Waals surface area contributed by atoms with Gasteiger partial charge in [0, 0.05) is 6.20 Å². The fourth-order valence-electron chi connectivity index (χ4n) is 0.173. The lowest BCUT2D eigenvalue weighted by Crippen LogP contribution is -2.31. The second-order valence-electron chi connectivity index (χ2n) is 1.04. The van der Waals surface area contributed by atoms with Crippen LogP contribution in [0.3, 0.4) is 0 Å². The van der Waals surface area contributed by atoms with Gasteiger partial charge in [0.2, 0.25) is 0 Å². The van der Waals surface area contributed by atoms with Crippen molar-refractivity contribution in [2.24, 2.45) is 0 Å². The monoisotopic (exact) mass is 112 g/mol. The van der Waals surface area contributed by atoms with Crippen molar-refractivity contribution in [3.8, 4) is 0 Å². The van der Waals surface area contributed by atoms with Gasteiger partial charge in [-0.15, -0.1) is 0 Å². The molecule has 1 amide bonds. The first-order chi connectivity index (χ1) is 3.81. The number of carbonyl (C=O) groups excluding carboxylic acids is 1. The molecule has 0 saturated carbocycles. The largest absolute Gasteiger partial charge is 0.306 e. The van der Waals surface area contributed by atoms with Crippen molar-refractivity contribution >= 4 is 5.91 Å². The topological polar surface area (TPSA) is 41.1 Å². The van der Waals surface area contributed by atoms with Gasteiger partial charge in [0.25, 0.3) is 5.91 Å². The third-order valence-corrected chi connectivity index (χ3v) is 0.483. The summed E-state index contributed by atoms with van der Waals surface area (Å²) in [5, 5.41) is 0. The molecular formula is C5H8N2O. The first-order valence-electron chi connectivity index (χ1n) is 2.10. The summed E-state index contributed by atoms with van der Waals surface area (Å²) in [6, 6.07) is 0. The number of rotatable bonds is 3. The highest BCUT2D eigenvalue weighted by atomic mass is 16.2. The molecule has 3 heteroatoms. The third kappa shape index (κ3) is 2.96. The predicted molar refractivity (Wildman–Crippen MR) is 31.7 cm³/mol. The minimum absolute atomic E-state index is 0.273. The smallest absolute Gasteiger partial charge is 0.261 e. The Labute approximate surface area is 48.1 Å². The SMILES string of the molecule is C=CNNC(=O)C=C. The summed E-state index contributed by atoms with van der Waals surface area (Å²) in [6.45, 7) is 6.53. The van der Waals surface area contributed by atoms with Crippen molar-refractivity contribution in [3.05, 3.63) is 25.4 Å². The number of hydrogen-bond donors (Lipinski definition) is 2. The summed E-state index contributed by atoms with van der Waals surface area (Å²) in [5.41, 5.74) is 4.65. The highest BCUT2D eigenvalue weighted by Crippen LogP contribution is 1.59. The van der Waals surface area contributed by atoms with Crippen LogP contribution in [-0.2, 0) is 4.79 Å². The van der Waals surface area contributed by atoms with Gasteiger partial charge in [-0.25, -0.2) is 0 Å². The molecule has 0 bridgehead atoms. The minimum atomic E-state index is -0.273. The van der Waals surface area contributed by atoms with E-state index in [9.17, 15) is 4.79 Å². The molecule has 0 aromatic heterocycles. The van der Waals surface area contributed by atoms with Gasteiger partial charge >= 0.3 is 0 Å². The average Bonchev–Trinajstić information content (AvgIpc) is 1.83. The molecule has 0 aliphatic rings. The van der Waals surface area contributed by atoms with Crippen molar-refractivity contribution in [3.63, 3.8) is 0 Å². The maximum Gasteiger partial charge on any atom is 0.261 e. The van der Waals surface area contributed by atoms with Crippen LogP contribution in [0.15, 0.2) is 25.4 Å². The first kappa shape index (κ1) is 6.75. The number of hydrogen-bond acceptors (Lipinski definition) is 2. The Hall–Kier alpha value is -1.25. The lowest BCUT2D eigenvalue weighted by molar-refractivity contribution is -0.117. The van der Waals surface area contributed by atoms with Crippen molar-refractivity contribution in [2.75, 3.05) is 0 Å². The van der Waals surface area contributed by atoms with E-state index in [1.165, 1.54) is 6.20 Å². The van der Waals surface area contributed by atoms with Gasteiger partial charge in [0.15, 0.2) is 0 Å². The zero-order chi connectivity index (χ0) is 6.41. The van der Waals surface area contributed by atoms with Gasteiger partial charge in [0.05, 0.1) is 0 Å². The second-order valence-corrected chi connectivity index (χ2v) is 1.04. The summed E-state index contributed by atoms with van der Waals surface area (Å²) in [5.74, 6) is -0.273. The van der Waals surface area contributed by atoms with Gasteiger partial charge in [-0.2, -0.15) is 0 Å². The Balaban J connectivity index is 3.24. The molecule has 0 aliphatic carbocycles. The van der Waals surface area contributed by atoms with Crippen LogP contribution < -0.4 is 10.9 Å². The number of hydrazine groups is 1. The van der Waals surface area contributed by atoms with Crippen molar-refractivity contribution < 1.29 is 4.79 Å². The van der Waals surface area contributed by atoms with Gasteiger partial charge in [-0.3, -0.25) is 10.2 Å². The van der Waals surface area contributed by atoms with Crippen LogP contribution in [0.1, 0.15) is 0 Å². The van der Waals surface area contributed by atoms with Crippen LogP contribution in [0, 0.1) is 0 Å². The van der Waals surface area contributed by atoms with Gasteiger partial charge in [0.1, 0.15) is 0 Å². The zero-order valence-electron chi connectivity index (χ0n) is 4.48. The third-order valence-electron chi connectivity index (χ3n) is 0.483. The van der Waals surface area contributed by atoms with E-state index in [-0.39, 0.29) is 5.91 Å². The lowest BCUT2D eigenvalue weighted by Gasteiger charge is -1.96. The van der Waals surface area contributed by atoms with Crippen molar-refractivity contribution in [1.82, 2.24) is 10.9 Å². The van der Waals surface area contributed by atoms with Crippen molar-refractivity contribution in [2.45, 2.75) is 0 Å². The van der Waals surface area contributed by atoms with Gasteiger partial charge < -0.3 is 5.43 Å². The van der Waals surface area contributed by atoms with Crippen LogP contribution in [0.4, 0.5) is 0 Å². The number of amides is 1. The molecule has 0 unspecified atom stereocenters. The van der Waals surface area contributed by atoms with E-state index in [2.05, 4.69) is 24.0 Å². The van der Waals surface area contributed by atoms with E-state index in [1.807, 2.05) is 0 Å². The fraction of sp³-hybridized carbons (Fsp3) is 0. The van der Waals surface area contributed by atoms with Crippen LogP contribution in [0.2, 0.25) is 0 Å². The Morgan fingerprint density at radius 3 is 2.50 bits per heavy atom. The summed E-state index contributed by atoms with van der Waals surface area (Å²) in [6.07, 6.45) is 2.53. The highest BCUT2D eigenvalue weighted by Gasteiger charge is 1.84. The quantitative estimate of drug-likeness (QED) is 0.396. The second kappa shape index (κ2) is 3.92. The predicted octanol–water partition coefficient (Wildman–Crippen LogP) is -0.0633. The average molecular weight is 112 g/mol. The molecule has 0 fully saturated rings. The van der Waals surface area contributed by atoms with Crippen LogP contribution in [0.25, 0.3) is 0 Å². The molecule has 0 aromatic rings. The maximum absolute atomic E-state index is 10.2. The summed E-state index contributed by atoms with van der Waals surface area (Å²) < 4.78 is 0. The zero-order valence-corrected chi connectivity index (χ0v) is 4.48. The van der Waals surface area contributed by atoms with E-state index in [0.29, 0.717) is 0 Å². The molecular weight excluding hydrogens is 104 g/mol. The molecule has 0 heterocycles. The van der Waals surface area contributed by atoms with E-state index >= 15 is 0 Å². The highest BCUT2D eigenvalue weighted by molar-refractivity contribution is 5.86. The van der Waals surface area contributed by atoms with Crippen LogP contribution in [-0.4, -0.2) is 5.91 Å². The summed E-state index contributed by atoms with van der Waals surface area (Å²) in [7, 11) is 0. The van der Waals surface area contributed by atoms with E-state index < -0.39 is 0 Å². The normalized spacial score (nSPS) is 7.00. The molecule has 0 spiro atoms. The van der Waals surface area contributed by atoms with Crippen LogP contribution in [0.5, 0.6) is 0 Å². The Morgan fingerprint density at radius 2 is 2.12 bits per heavy atom. The van der Waals surface area contributed by atoms with Gasteiger partial charge in [-0.1, -0.05) is 13.2 Å². The van der Waals surface area contributed by atoms with E-state index in [1.54, 1.807) is 0 Å². The standard InChI is InChI=1S/C5H8N2O/c1-3-5(8)7-6-4-2/h3-4,6H,1-2H2,(H,7,8). The first-order valence-corrected chi connectivity index (χ1v) is 2.10. The minimum Gasteiger partial charge on any atom is -0.306 e. The van der Waals surface area contributed by atoms with Gasteiger partial charge in [-0.05, 0) is 6.08 Å². The molecule has 0 aromatic carbocycles. The van der Waals surface area contributed by atoms with Crippen molar-refractivity contribution in [1.29, 1.82) is 0 Å². The number of carbonyl (C=O) groups is 1. The summed E-state index contributed by atoms with van der Waals surface area (Å²) >= 11 is 0. The molecule has 0 atom stereocenters. The lowest BCUT2D eigenvalue weighted by atomic mass is 10.6. The number of nitrogens with one attached hydrogen (secondary N) is 2. The molecule has 44 valence electrons. The van der Waals surface area contributed by atoms with E-state index in [0.717, 1.165) is 6.08 Å². The molecule has 0 aliphatic heterocycles. The molecule has 3 nitrogen and oxygen atoms in total. The molecule has 0 rings (SSSR count). The Morgan fingerprint density at radius 1 is 1.50 bits per heavy atom.